The third-order valence-corrected chi connectivity index (χ3v) is 4.05. The van der Waals surface area contributed by atoms with Crippen molar-refractivity contribution >= 4 is 28.8 Å². The summed E-state index contributed by atoms with van der Waals surface area (Å²) in [6.07, 6.45) is 1.93. The van der Waals surface area contributed by atoms with Crippen LogP contribution in [0.2, 0.25) is 0 Å². The minimum Gasteiger partial charge on any atom is -0.493 e. The van der Waals surface area contributed by atoms with Crippen LogP contribution in [0.15, 0.2) is 24.5 Å². The van der Waals surface area contributed by atoms with Crippen LogP contribution in [0.1, 0.15) is 10.6 Å². The van der Waals surface area contributed by atoms with E-state index in [1.807, 2.05) is 18.2 Å². The van der Waals surface area contributed by atoms with Crippen molar-refractivity contribution in [1.82, 2.24) is 30.4 Å². The predicted molar refractivity (Wildman–Crippen MR) is 97.4 cm³/mol. The molecule has 0 aliphatic rings. The third kappa shape index (κ3) is 5.98. The molecule has 28 heavy (non-hydrogen) atoms. The second kappa shape index (κ2) is 10.5. The minimum atomic E-state index is -0.277. The number of nitrogens with one attached hydrogen (secondary N) is 1. The van der Waals surface area contributed by atoms with Crippen LogP contribution in [0.3, 0.4) is 0 Å². The van der Waals surface area contributed by atoms with Gasteiger partial charge in [0.2, 0.25) is 11.0 Å². The predicted octanol–water partition coefficient (Wildman–Crippen LogP) is 0.472. The number of anilines is 1. The lowest BCUT2D eigenvalue weighted by atomic mass is 10.1. The maximum absolute atomic E-state index is 11.9. The number of aromatic nitrogens is 6. The van der Waals surface area contributed by atoms with Crippen LogP contribution < -0.4 is 14.8 Å². The van der Waals surface area contributed by atoms with Crippen molar-refractivity contribution in [3.05, 3.63) is 35.1 Å². The lowest BCUT2D eigenvalue weighted by molar-refractivity contribution is -0.123. The molecule has 3 aromatic rings. The number of hydrogen-bond donors (Lipinski definition) is 2. The fourth-order valence-corrected chi connectivity index (χ4v) is 2.89. The number of methoxy groups -OCH3 is 2. The maximum atomic E-state index is 11.9. The first-order valence-corrected chi connectivity index (χ1v) is 8.53. The van der Waals surface area contributed by atoms with E-state index in [1.165, 1.54) is 22.3 Å². The van der Waals surface area contributed by atoms with Gasteiger partial charge in [0.1, 0.15) is 17.9 Å². The molecule has 1 amide bonds. The second-order valence-corrected chi connectivity index (χ2v) is 6.09. The normalized spacial score (nSPS) is 9.79. The van der Waals surface area contributed by atoms with Gasteiger partial charge in [0.25, 0.3) is 6.47 Å². The van der Waals surface area contributed by atoms with Crippen molar-refractivity contribution in [2.75, 3.05) is 19.5 Å². The number of carbonyl (C=O) groups excluding carboxylic acids is 1. The molecule has 0 atom stereocenters. The van der Waals surface area contributed by atoms with Gasteiger partial charge in [-0.2, -0.15) is 0 Å². The molecule has 2 aromatic heterocycles. The first-order chi connectivity index (χ1) is 13.6. The molecule has 148 valence electrons. The lowest BCUT2D eigenvalue weighted by Gasteiger charge is -2.08. The van der Waals surface area contributed by atoms with Crippen molar-refractivity contribution < 1.29 is 24.2 Å². The molecule has 0 aliphatic carbocycles. The van der Waals surface area contributed by atoms with Gasteiger partial charge >= 0.3 is 0 Å². The molecule has 0 saturated carbocycles. The Kier molecular flexibility index (Phi) is 7.77. The molecule has 0 spiro atoms. The van der Waals surface area contributed by atoms with Crippen LogP contribution in [-0.4, -0.2) is 62.1 Å². The summed E-state index contributed by atoms with van der Waals surface area (Å²) < 4.78 is 11.8. The lowest BCUT2D eigenvalue weighted by Crippen LogP contribution is -2.19. The average Bonchev–Trinajstić information content (AvgIpc) is 3.34. The van der Waals surface area contributed by atoms with Crippen LogP contribution in [0.25, 0.3) is 0 Å². The molecule has 0 unspecified atom stereocenters. The Labute approximate surface area is 163 Å². The number of ether oxygens (including phenoxy) is 2. The highest BCUT2D eigenvalue weighted by Gasteiger charge is 2.11. The zero-order valence-electron chi connectivity index (χ0n) is 15.0. The Bertz CT molecular complexity index is 900. The first kappa shape index (κ1) is 20.7. The van der Waals surface area contributed by atoms with Crippen molar-refractivity contribution in [2.24, 2.45) is 0 Å². The summed E-state index contributed by atoms with van der Waals surface area (Å²) in [7, 11) is 3.18. The van der Waals surface area contributed by atoms with Gasteiger partial charge in [-0.05, 0) is 28.1 Å². The fourth-order valence-electron chi connectivity index (χ4n) is 2.10. The van der Waals surface area contributed by atoms with Crippen molar-refractivity contribution in [3.63, 3.8) is 0 Å². The van der Waals surface area contributed by atoms with Gasteiger partial charge in [-0.1, -0.05) is 17.4 Å². The zero-order chi connectivity index (χ0) is 20.4. The summed E-state index contributed by atoms with van der Waals surface area (Å²) in [6.45, 7) is -0.238. The third-order valence-electron chi connectivity index (χ3n) is 3.21. The summed E-state index contributed by atoms with van der Waals surface area (Å²) >= 11 is 1.30. The first-order valence-electron chi connectivity index (χ1n) is 7.71. The van der Waals surface area contributed by atoms with E-state index < -0.39 is 0 Å². The summed E-state index contributed by atoms with van der Waals surface area (Å²) in [5.41, 5.74) is 1.00. The van der Waals surface area contributed by atoms with E-state index in [1.54, 1.807) is 14.2 Å². The van der Waals surface area contributed by atoms with Crippen molar-refractivity contribution in [1.29, 1.82) is 0 Å². The molecule has 2 N–H and O–H groups in total. The molecule has 0 bridgehead atoms. The van der Waals surface area contributed by atoms with E-state index in [4.69, 9.17) is 19.4 Å². The summed E-state index contributed by atoms with van der Waals surface area (Å²) in [5.74, 6) is 1.04. The highest BCUT2D eigenvalue weighted by molar-refractivity contribution is 7.15. The molecule has 0 aliphatic heterocycles. The number of nitrogens with zero attached hydrogens (tertiary/aromatic N) is 6. The molecule has 0 fully saturated rings. The Morgan fingerprint density at radius 3 is 2.68 bits per heavy atom. The van der Waals surface area contributed by atoms with Gasteiger partial charge in [0, 0.05) is 6.42 Å². The highest BCUT2D eigenvalue weighted by Crippen LogP contribution is 2.29. The number of carbonyl (C=O) groups is 2. The van der Waals surface area contributed by atoms with Crippen molar-refractivity contribution in [2.45, 2.75) is 13.0 Å². The quantitative estimate of drug-likeness (QED) is 0.528. The van der Waals surface area contributed by atoms with Gasteiger partial charge in [0.15, 0.2) is 11.5 Å². The van der Waals surface area contributed by atoms with E-state index in [2.05, 4.69) is 31.0 Å². The Hall–Kier alpha value is -3.61. The molecule has 2 heterocycles. The second-order valence-electron chi connectivity index (χ2n) is 5.03. The Morgan fingerprint density at radius 2 is 2.04 bits per heavy atom. The monoisotopic (exact) mass is 407 g/mol. The van der Waals surface area contributed by atoms with E-state index in [9.17, 15) is 4.79 Å². The van der Waals surface area contributed by atoms with E-state index in [-0.39, 0.29) is 18.9 Å². The zero-order valence-corrected chi connectivity index (χ0v) is 15.8. The largest absolute Gasteiger partial charge is 0.493 e. The molecule has 13 heteroatoms. The van der Waals surface area contributed by atoms with E-state index in [0.717, 1.165) is 10.6 Å². The molecule has 3 rings (SSSR count). The van der Waals surface area contributed by atoms with Crippen LogP contribution in [-0.2, 0) is 22.6 Å². The molecule has 0 radical (unpaired) electrons. The number of benzene rings is 1. The van der Waals surface area contributed by atoms with E-state index in [0.29, 0.717) is 23.1 Å². The number of hydrogen-bond acceptors (Lipinski definition) is 10. The van der Waals surface area contributed by atoms with Crippen LogP contribution in [0.4, 0.5) is 5.13 Å². The summed E-state index contributed by atoms with van der Waals surface area (Å²) in [5, 5.41) is 29.4. The number of tetrazole rings is 1. The van der Waals surface area contributed by atoms with Gasteiger partial charge in [-0.3, -0.25) is 14.9 Å². The topological polar surface area (TPSA) is 154 Å². The van der Waals surface area contributed by atoms with Crippen LogP contribution >= 0.6 is 11.3 Å². The fraction of sp³-hybridized carbons (Fsp3) is 0.267. The molecule has 0 saturated heterocycles. The molecular weight excluding hydrogens is 390 g/mol. The molecule has 12 nitrogen and oxygen atoms in total. The van der Waals surface area contributed by atoms with Gasteiger partial charge in [0.05, 0.1) is 14.2 Å². The van der Waals surface area contributed by atoms with Gasteiger partial charge in [-0.15, -0.1) is 15.3 Å². The summed E-state index contributed by atoms with van der Waals surface area (Å²) in [4.78, 5) is 20.2. The van der Waals surface area contributed by atoms with E-state index >= 15 is 0 Å². The molecular formula is C15H17N7O5S. The van der Waals surface area contributed by atoms with Crippen molar-refractivity contribution in [3.8, 4) is 11.5 Å². The van der Waals surface area contributed by atoms with Gasteiger partial charge in [-0.25, -0.2) is 4.68 Å². The van der Waals surface area contributed by atoms with Crippen LogP contribution in [0.5, 0.6) is 11.5 Å². The smallest absolute Gasteiger partial charge is 0.290 e. The highest BCUT2D eigenvalue weighted by atomic mass is 32.1. The van der Waals surface area contributed by atoms with Crippen LogP contribution in [0, 0.1) is 0 Å². The Morgan fingerprint density at radius 1 is 1.29 bits per heavy atom. The number of rotatable bonds is 7. The SMILES string of the molecule is COc1ccc(Cc2nnc(NC(=O)Cn3cnnn3)s2)cc1OC.O=CO. The Balaban J connectivity index is 0.000000878. The van der Waals surface area contributed by atoms with Gasteiger partial charge < -0.3 is 14.6 Å². The minimum absolute atomic E-state index is 0.0115. The molecule has 1 aromatic carbocycles. The number of amides is 1. The standard InChI is InChI=1S/C14H15N7O3S.CH2O2/c1-23-10-4-3-9(5-11(10)24-2)6-13-17-18-14(25-13)16-12(22)7-21-8-15-19-20-21;2-1-3/h3-5,8H,6-7H2,1-2H3,(H,16,18,22);1H,(H,2,3). The maximum Gasteiger partial charge on any atom is 0.290 e. The average molecular weight is 407 g/mol. The number of carboxylic acid groups (broad SMARTS) is 1. The summed E-state index contributed by atoms with van der Waals surface area (Å²) in [6, 6.07) is 5.65.